The molecule has 0 aromatic heterocycles. The highest BCUT2D eigenvalue weighted by molar-refractivity contribution is 5.74. The smallest absolute Gasteiger partial charge is 0.341 e. The van der Waals surface area contributed by atoms with Crippen LogP contribution in [0.3, 0.4) is 0 Å². The molecule has 1 N–H and O–H groups in total. The van der Waals surface area contributed by atoms with E-state index >= 15 is 0 Å². The summed E-state index contributed by atoms with van der Waals surface area (Å²) in [7, 11) is 1.42. The van der Waals surface area contributed by atoms with Gasteiger partial charge in [-0.15, -0.1) is 0 Å². The van der Waals surface area contributed by atoms with Gasteiger partial charge in [0.15, 0.2) is 0 Å². The number of halogens is 3. The second-order valence-electron chi connectivity index (χ2n) is 3.78. The molecule has 0 saturated carbocycles. The van der Waals surface area contributed by atoms with Crippen LogP contribution in [0.15, 0.2) is 0 Å². The summed E-state index contributed by atoms with van der Waals surface area (Å²) in [5.74, 6) is -1.40. The molecule has 6 heteroatoms. The van der Waals surface area contributed by atoms with E-state index in [1.165, 1.54) is 18.9 Å². The first-order chi connectivity index (χ1) is 6.88. The van der Waals surface area contributed by atoms with E-state index in [4.69, 9.17) is 0 Å². The number of alkyl halides is 3. The number of hydrogen-bond acceptors (Lipinski definition) is 1. The first kappa shape index (κ1) is 12.1. The molecule has 1 fully saturated rings. The van der Waals surface area contributed by atoms with Crippen LogP contribution in [-0.2, 0) is 0 Å². The lowest BCUT2D eigenvalue weighted by molar-refractivity contribution is -0.195. The number of urea groups is 1. The number of rotatable bonds is 0. The molecule has 3 nitrogen and oxygen atoms in total. The minimum Gasteiger partial charge on any atom is -0.341 e. The number of carbonyl (C=O) groups excluding carboxylic acids is 1. The molecular weight excluding hydrogens is 209 g/mol. The van der Waals surface area contributed by atoms with Crippen molar-refractivity contribution in [2.24, 2.45) is 5.92 Å². The average Bonchev–Trinajstić information content (AvgIpc) is 2.15. The van der Waals surface area contributed by atoms with Gasteiger partial charge in [0, 0.05) is 19.6 Å². The van der Waals surface area contributed by atoms with E-state index in [2.05, 4.69) is 5.32 Å². The molecule has 1 aliphatic rings. The first-order valence-electron chi connectivity index (χ1n) is 4.93. The molecule has 0 bridgehead atoms. The molecule has 2 atom stereocenters. The van der Waals surface area contributed by atoms with Gasteiger partial charge in [-0.25, -0.2) is 4.79 Å². The van der Waals surface area contributed by atoms with Crippen molar-refractivity contribution in [1.29, 1.82) is 0 Å². The van der Waals surface area contributed by atoms with E-state index in [0.29, 0.717) is 13.0 Å². The Bertz CT molecular complexity index is 242. The van der Waals surface area contributed by atoms with Crippen LogP contribution in [0.4, 0.5) is 18.0 Å². The van der Waals surface area contributed by atoms with E-state index in [0.717, 1.165) is 0 Å². The van der Waals surface area contributed by atoms with E-state index in [-0.39, 0.29) is 6.42 Å². The number of nitrogens with zero attached hydrogens (tertiary/aromatic N) is 1. The van der Waals surface area contributed by atoms with Crippen molar-refractivity contribution in [1.82, 2.24) is 10.2 Å². The fourth-order valence-corrected chi connectivity index (χ4v) is 2.01. The lowest BCUT2D eigenvalue weighted by Gasteiger charge is -2.39. The zero-order chi connectivity index (χ0) is 11.6. The molecule has 0 aromatic carbocycles. The van der Waals surface area contributed by atoms with Crippen LogP contribution in [0.2, 0.25) is 0 Å². The van der Waals surface area contributed by atoms with Gasteiger partial charge >= 0.3 is 12.2 Å². The van der Waals surface area contributed by atoms with Crippen molar-refractivity contribution >= 4 is 6.03 Å². The van der Waals surface area contributed by atoms with Gasteiger partial charge in [0.25, 0.3) is 0 Å². The highest BCUT2D eigenvalue weighted by atomic mass is 19.4. The van der Waals surface area contributed by atoms with E-state index in [9.17, 15) is 18.0 Å². The van der Waals surface area contributed by atoms with Crippen LogP contribution in [0, 0.1) is 5.92 Å². The van der Waals surface area contributed by atoms with Crippen molar-refractivity contribution in [2.45, 2.75) is 32.0 Å². The normalized spacial score (nSPS) is 27.7. The van der Waals surface area contributed by atoms with Crippen LogP contribution in [0.25, 0.3) is 0 Å². The molecule has 15 heavy (non-hydrogen) atoms. The number of carbonyl (C=O) groups is 1. The molecule has 0 aliphatic carbocycles. The van der Waals surface area contributed by atoms with Gasteiger partial charge < -0.3 is 10.2 Å². The molecule has 0 aromatic rings. The molecule has 1 saturated heterocycles. The van der Waals surface area contributed by atoms with Gasteiger partial charge in [-0.2, -0.15) is 13.2 Å². The standard InChI is InChI=1S/C9H15F3N2O/c1-6-7(9(10,11)12)4-3-5-14(6)8(15)13-2/h6-7H,3-5H2,1-2H3,(H,13,15). The number of piperidine rings is 1. The maximum atomic E-state index is 12.6. The van der Waals surface area contributed by atoms with Crippen molar-refractivity contribution in [3.63, 3.8) is 0 Å². The molecule has 1 heterocycles. The summed E-state index contributed by atoms with van der Waals surface area (Å²) < 4.78 is 37.7. The fourth-order valence-electron chi connectivity index (χ4n) is 2.01. The van der Waals surface area contributed by atoms with Gasteiger partial charge in [-0.3, -0.25) is 0 Å². The van der Waals surface area contributed by atoms with Gasteiger partial charge in [0.2, 0.25) is 0 Å². The average molecular weight is 224 g/mol. The van der Waals surface area contributed by atoms with Crippen LogP contribution < -0.4 is 5.32 Å². The Morgan fingerprint density at radius 1 is 1.47 bits per heavy atom. The summed E-state index contributed by atoms with van der Waals surface area (Å²) in [5.41, 5.74) is 0. The van der Waals surface area contributed by atoms with E-state index in [1.807, 2.05) is 0 Å². The zero-order valence-electron chi connectivity index (χ0n) is 8.77. The number of nitrogens with one attached hydrogen (secondary N) is 1. The SMILES string of the molecule is CNC(=O)N1CCCC(C(F)(F)F)C1C. The second-order valence-corrected chi connectivity index (χ2v) is 3.78. The Labute approximate surface area is 86.6 Å². The van der Waals surface area contributed by atoms with Crippen LogP contribution in [0.1, 0.15) is 19.8 Å². The lowest BCUT2D eigenvalue weighted by atomic mass is 9.90. The minimum absolute atomic E-state index is 0.109. The largest absolute Gasteiger partial charge is 0.393 e. The lowest BCUT2D eigenvalue weighted by Crippen LogP contribution is -2.53. The maximum Gasteiger partial charge on any atom is 0.393 e. The predicted molar refractivity (Wildman–Crippen MR) is 49.4 cm³/mol. The van der Waals surface area contributed by atoms with E-state index < -0.39 is 24.2 Å². The van der Waals surface area contributed by atoms with Crippen LogP contribution in [0.5, 0.6) is 0 Å². The van der Waals surface area contributed by atoms with Gasteiger partial charge in [-0.1, -0.05) is 0 Å². The topological polar surface area (TPSA) is 32.3 Å². The maximum absolute atomic E-state index is 12.6. The van der Waals surface area contributed by atoms with Crippen molar-refractivity contribution in [3.05, 3.63) is 0 Å². The Morgan fingerprint density at radius 3 is 2.53 bits per heavy atom. The molecule has 2 unspecified atom stereocenters. The summed E-state index contributed by atoms with van der Waals surface area (Å²) in [6, 6.07) is -1.21. The van der Waals surface area contributed by atoms with Crippen molar-refractivity contribution in [2.75, 3.05) is 13.6 Å². The Balaban J connectivity index is 2.75. The summed E-state index contributed by atoms with van der Waals surface area (Å²) in [4.78, 5) is 12.5. The molecule has 0 spiro atoms. The molecule has 1 rings (SSSR count). The summed E-state index contributed by atoms with van der Waals surface area (Å²) in [6.45, 7) is 1.85. The number of hydrogen-bond donors (Lipinski definition) is 1. The first-order valence-corrected chi connectivity index (χ1v) is 4.93. The second kappa shape index (κ2) is 4.28. The van der Waals surface area contributed by atoms with Gasteiger partial charge in [0.05, 0.1) is 5.92 Å². The Morgan fingerprint density at radius 2 is 2.07 bits per heavy atom. The third-order valence-electron chi connectivity index (χ3n) is 2.88. The van der Waals surface area contributed by atoms with Gasteiger partial charge in [-0.05, 0) is 19.8 Å². The van der Waals surface area contributed by atoms with Crippen LogP contribution >= 0.6 is 0 Å². The molecule has 1 aliphatic heterocycles. The number of amides is 2. The zero-order valence-corrected chi connectivity index (χ0v) is 8.77. The highest BCUT2D eigenvalue weighted by Gasteiger charge is 2.47. The third kappa shape index (κ3) is 2.54. The molecule has 0 radical (unpaired) electrons. The molecule has 88 valence electrons. The minimum atomic E-state index is -4.22. The van der Waals surface area contributed by atoms with Crippen molar-refractivity contribution < 1.29 is 18.0 Å². The number of likely N-dealkylation sites (tertiary alicyclic amines) is 1. The van der Waals surface area contributed by atoms with Gasteiger partial charge in [0.1, 0.15) is 0 Å². The van der Waals surface area contributed by atoms with Crippen LogP contribution in [-0.4, -0.2) is 36.7 Å². The van der Waals surface area contributed by atoms with E-state index in [1.54, 1.807) is 0 Å². The predicted octanol–water partition coefficient (Wildman–Crippen LogP) is 1.99. The highest BCUT2D eigenvalue weighted by Crippen LogP contribution is 2.37. The monoisotopic (exact) mass is 224 g/mol. The fraction of sp³-hybridized carbons (Fsp3) is 0.889. The van der Waals surface area contributed by atoms with Crippen molar-refractivity contribution in [3.8, 4) is 0 Å². The molecule has 2 amide bonds. The summed E-state index contributed by atoms with van der Waals surface area (Å²) >= 11 is 0. The summed E-state index contributed by atoms with van der Waals surface area (Å²) in [5, 5.41) is 2.36. The summed E-state index contributed by atoms with van der Waals surface area (Å²) in [6.07, 6.45) is -3.70. The Kier molecular flexibility index (Phi) is 3.46. The molecular formula is C9H15F3N2O. The quantitative estimate of drug-likeness (QED) is 0.670. The third-order valence-corrected chi connectivity index (χ3v) is 2.88. The Hall–Kier alpha value is -0.940.